The van der Waals surface area contributed by atoms with Gasteiger partial charge in [-0.3, -0.25) is 9.48 Å². The lowest BCUT2D eigenvalue weighted by Crippen LogP contribution is -2.24. The Morgan fingerprint density at radius 2 is 1.82 bits per heavy atom. The van der Waals surface area contributed by atoms with Crippen molar-refractivity contribution < 1.29 is 19.4 Å². The lowest BCUT2D eigenvalue weighted by Gasteiger charge is -2.28. The number of nitrogens with zero attached hydrogens (tertiary/aromatic N) is 3. The third-order valence-corrected chi connectivity index (χ3v) is 6.52. The second kappa shape index (κ2) is 9.47. The van der Waals surface area contributed by atoms with Crippen LogP contribution in [0.2, 0.25) is 0 Å². The highest BCUT2D eigenvalue weighted by atomic mass is 16.5. The van der Waals surface area contributed by atoms with E-state index in [4.69, 9.17) is 4.74 Å². The predicted octanol–water partition coefficient (Wildman–Crippen LogP) is 5.32. The van der Waals surface area contributed by atoms with Crippen molar-refractivity contribution in [1.29, 1.82) is 0 Å². The number of fused-ring (bicyclic) bond motifs is 1. The Bertz CT molecular complexity index is 1310. The van der Waals surface area contributed by atoms with Crippen LogP contribution in [-0.4, -0.2) is 31.6 Å². The largest absolute Gasteiger partial charge is 0.478 e. The Morgan fingerprint density at radius 1 is 1.03 bits per heavy atom. The van der Waals surface area contributed by atoms with Crippen molar-refractivity contribution in [3.8, 4) is 5.88 Å². The monoisotopic (exact) mass is 455 g/mol. The van der Waals surface area contributed by atoms with E-state index in [1.165, 1.54) is 6.07 Å². The lowest BCUT2D eigenvalue weighted by molar-refractivity contribution is 0.0699. The van der Waals surface area contributed by atoms with Gasteiger partial charge in [-0.2, -0.15) is 5.10 Å². The number of ether oxygens (including phenoxy) is 1. The zero-order valence-electron chi connectivity index (χ0n) is 18.6. The van der Waals surface area contributed by atoms with Crippen molar-refractivity contribution in [2.75, 3.05) is 0 Å². The zero-order chi connectivity index (χ0) is 23.5. The molecule has 7 heteroatoms. The molecule has 2 heterocycles. The molecule has 0 bridgehead atoms. The maximum Gasteiger partial charge on any atom is 0.336 e. The number of ketones is 1. The average Bonchev–Trinajstić information content (AvgIpc) is 3.42. The fourth-order valence-corrected chi connectivity index (χ4v) is 4.70. The molecule has 0 spiro atoms. The van der Waals surface area contributed by atoms with Gasteiger partial charge < -0.3 is 9.84 Å². The van der Waals surface area contributed by atoms with Gasteiger partial charge in [0.05, 0.1) is 11.6 Å². The number of benzene rings is 2. The quantitative estimate of drug-likeness (QED) is 0.379. The molecule has 1 saturated carbocycles. The summed E-state index contributed by atoms with van der Waals surface area (Å²) >= 11 is 0. The van der Waals surface area contributed by atoms with E-state index in [1.807, 2.05) is 47.3 Å². The number of aromatic carboxylic acids is 1. The molecule has 1 N–H and O–H groups in total. The highest BCUT2D eigenvalue weighted by molar-refractivity contribution is 6.09. The van der Waals surface area contributed by atoms with Crippen LogP contribution in [-0.2, 0) is 6.61 Å². The first-order chi connectivity index (χ1) is 16.6. The molecule has 7 nitrogen and oxygen atoms in total. The van der Waals surface area contributed by atoms with Gasteiger partial charge in [0.2, 0.25) is 5.88 Å². The van der Waals surface area contributed by atoms with Gasteiger partial charge >= 0.3 is 5.97 Å². The highest BCUT2D eigenvalue weighted by Crippen LogP contribution is 2.34. The molecule has 2 aromatic carbocycles. The number of carboxylic acid groups (broad SMARTS) is 1. The van der Waals surface area contributed by atoms with Crippen LogP contribution in [0, 0.1) is 5.92 Å². The number of carbonyl (C=O) groups excluding carboxylic acids is 1. The molecule has 0 atom stereocenters. The minimum Gasteiger partial charge on any atom is -0.478 e. The number of carbonyl (C=O) groups is 2. The first-order valence-electron chi connectivity index (χ1n) is 11.5. The molecule has 172 valence electrons. The van der Waals surface area contributed by atoms with Crippen molar-refractivity contribution in [2.45, 2.75) is 38.3 Å². The van der Waals surface area contributed by atoms with Gasteiger partial charge in [-0.15, -0.1) is 0 Å². The predicted molar refractivity (Wildman–Crippen MR) is 127 cm³/mol. The zero-order valence-corrected chi connectivity index (χ0v) is 18.6. The van der Waals surface area contributed by atoms with Gasteiger partial charge in [0.15, 0.2) is 5.78 Å². The van der Waals surface area contributed by atoms with E-state index in [-0.39, 0.29) is 17.3 Å². The molecular formula is C27H25N3O4. The third kappa shape index (κ3) is 4.55. The molecule has 34 heavy (non-hydrogen) atoms. The number of aromatic nitrogens is 3. The summed E-state index contributed by atoms with van der Waals surface area (Å²) in [4.78, 5) is 29.7. The summed E-state index contributed by atoms with van der Waals surface area (Å²) < 4.78 is 7.73. The van der Waals surface area contributed by atoms with Crippen LogP contribution < -0.4 is 4.74 Å². The number of hydrogen-bond acceptors (Lipinski definition) is 5. The number of carboxylic acids is 1. The normalized spacial score (nSPS) is 18.0. The standard InChI is InChI=1S/C27H25N3O4/c31-26(19-7-9-22(10-8-19)30-12-4-11-29-30)20-13-21-16-28-25(15-23(21)24(14-20)27(32)33)34-17-18-5-2-1-3-6-18/h1-6,11-16,19,22H,7-10,17H2,(H,32,33). The molecule has 1 aliphatic rings. The lowest BCUT2D eigenvalue weighted by atomic mass is 9.81. The summed E-state index contributed by atoms with van der Waals surface area (Å²) in [6.45, 7) is 0.333. The molecule has 1 aliphatic carbocycles. The molecule has 0 unspecified atom stereocenters. The van der Waals surface area contributed by atoms with E-state index in [2.05, 4.69) is 10.1 Å². The Balaban J connectivity index is 1.36. The highest BCUT2D eigenvalue weighted by Gasteiger charge is 2.29. The molecule has 0 saturated heterocycles. The summed E-state index contributed by atoms with van der Waals surface area (Å²) in [5, 5.41) is 15.3. The number of rotatable bonds is 7. The summed E-state index contributed by atoms with van der Waals surface area (Å²) in [5.41, 5.74) is 1.50. The van der Waals surface area contributed by atoms with Crippen molar-refractivity contribution in [2.24, 2.45) is 5.92 Å². The fraction of sp³-hybridized carbons (Fsp3) is 0.259. The second-order valence-electron chi connectivity index (χ2n) is 8.70. The first kappa shape index (κ1) is 21.8. The van der Waals surface area contributed by atoms with E-state index >= 15 is 0 Å². The summed E-state index contributed by atoms with van der Waals surface area (Å²) in [5.74, 6) is -0.864. The second-order valence-corrected chi connectivity index (χ2v) is 8.70. The fourth-order valence-electron chi connectivity index (χ4n) is 4.70. The Hall–Kier alpha value is -4.00. The van der Waals surface area contributed by atoms with E-state index in [9.17, 15) is 14.7 Å². The number of pyridine rings is 1. The van der Waals surface area contributed by atoms with E-state index < -0.39 is 5.97 Å². The average molecular weight is 456 g/mol. The molecule has 0 amide bonds. The van der Waals surface area contributed by atoms with Gasteiger partial charge in [0.25, 0.3) is 0 Å². The van der Waals surface area contributed by atoms with Gasteiger partial charge in [-0.05, 0) is 49.4 Å². The molecule has 2 aromatic heterocycles. The van der Waals surface area contributed by atoms with Crippen LogP contribution in [0.3, 0.4) is 0 Å². The van der Waals surface area contributed by atoms with Crippen molar-refractivity contribution in [3.63, 3.8) is 0 Å². The van der Waals surface area contributed by atoms with Crippen LogP contribution in [0.25, 0.3) is 10.8 Å². The SMILES string of the molecule is O=C(O)c1cc(C(=O)C2CCC(n3cccn3)CC2)cc2cnc(OCc3ccccc3)cc12. The topological polar surface area (TPSA) is 94.3 Å². The van der Waals surface area contributed by atoms with Gasteiger partial charge in [0, 0.05) is 46.9 Å². The first-order valence-corrected chi connectivity index (χ1v) is 11.5. The van der Waals surface area contributed by atoms with Crippen LogP contribution in [0.5, 0.6) is 5.88 Å². The van der Waals surface area contributed by atoms with Crippen LogP contribution in [0.15, 0.2) is 73.2 Å². The van der Waals surface area contributed by atoms with Crippen LogP contribution in [0.4, 0.5) is 0 Å². The molecular weight excluding hydrogens is 430 g/mol. The molecule has 1 fully saturated rings. The minimum atomic E-state index is -1.08. The number of hydrogen-bond donors (Lipinski definition) is 1. The maximum atomic E-state index is 13.3. The van der Waals surface area contributed by atoms with Crippen molar-refractivity contribution >= 4 is 22.5 Å². The Labute approximate surface area is 197 Å². The van der Waals surface area contributed by atoms with E-state index in [0.717, 1.165) is 31.2 Å². The molecule has 5 rings (SSSR count). The summed E-state index contributed by atoms with van der Waals surface area (Å²) in [7, 11) is 0. The molecule has 0 radical (unpaired) electrons. The Kier molecular flexibility index (Phi) is 6.08. The number of Topliss-reactive ketones (excluding diaryl/α,β-unsaturated/α-hetero) is 1. The van der Waals surface area contributed by atoms with E-state index in [1.54, 1.807) is 24.5 Å². The van der Waals surface area contributed by atoms with Gasteiger partial charge in [-0.25, -0.2) is 9.78 Å². The van der Waals surface area contributed by atoms with Gasteiger partial charge in [-0.1, -0.05) is 30.3 Å². The van der Waals surface area contributed by atoms with Crippen molar-refractivity contribution in [3.05, 3.63) is 89.9 Å². The minimum absolute atomic E-state index is 0.00674. The summed E-state index contributed by atoms with van der Waals surface area (Å²) in [6.07, 6.45) is 8.57. The van der Waals surface area contributed by atoms with E-state index in [0.29, 0.717) is 34.9 Å². The van der Waals surface area contributed by atoms with Crippen LogP contribution >= 0.6 is 0 Å². The maximum absolute atomic E-state index is 13.3. The Morgan fingerprint density at radius 3 is 2.53 bits per heavy atom. The van der Waals surface area contributed by atoms with Crippen molar-refractivity contribution in [1.82, 2.24) is 14.8 Å². The third-order valence-electron chi connectivity index (χ3n) is 6.52. The summed E-state index contributed by atoms with van der Waals surface area (Å²) in [6, 6.07) is 16.8. The molecule has 4 aromatic rings. The smallest absolute Gasteiger partial charge is 0.336 e. The molecule has 0 aliphatic heterocycles. The van der Waals surface area contributed by atoms with Crippen LogP contribution in [0.1, 0.15) is 58.0 Å². The van der Waals surface area contributed by atoms with Gasteiger partial charge in [0.1, 0.15) is 6.61 Å².